The molecule has 0 aliphatic carbocycles. The summed E-state index contributed by atoms with van der Waals surface area (Å²) in [4.78, 5) is 37.6. The fraction of sp³-hybridized carbons (Fsp3) is 0.842. The molecule has 1 aliphatic rings. The summed E-state index contributed by atoms with van der Waals surface area (Å²) in [6.45, 7) is 15.5. The molecule has 0 saturated carbocycles. The number of nitrogens with one attached hydrogen (secondary N) is 1. The predicted molar refractivity (Wildman–Crippen MR) is 109 cm³/mol. The minimum atomic E-state index is -2.27. The molecule has 8 nitrogen and oxygen atoms in total. The number of aliphatic carboxylic acids is 1. The van der Waals surface area contributed by atoms with Crippen LogP contribution in [-0.4, -0.2) is 67.1 Å². The Bertz CT molecular complexity index is 594. The number of carboxylic acids is 1. The van der Waals surface area contributed by atoms with Gasteiger partial charge in [0.15, 0.2) is 8.32 Å². The van der Waals surface area contributed by atoms with E-state index < -0.39 is 32.1 Å². The fourth-order valence-electron chi connectivity index (χ4n) is 2.66. The zero-order valence-electron chi connectivity index (χ0n) is 18.4. The largest absolute Gasteiger partial charge is 0.480 e. The molecular weight excluding hydrogens is 380 g/mol. The minimum absolute atomic E-state index is 0.106. The van der Waals surface area contributed by atoms with Crippen LogP contribution >= 0.6 is 0 Å². The minimum Gasteiger partial charge on any atom is -0.480 e. The van der Waals surface area contributed by atoms with Crippen LogP contribution in [0.3, 0.4) is 0 Å². The Hall–Kier alpha value is -1.61. The van der Waals surface area contributed by atoms with Gasteiger partial charge in [0.25, 0.3) is 5.91 Å². The Balaban J connectivity index is 3.01. The van der Waals surface area contributed by atoms with E-state index in [0.29, 0.717) is 12.8 Å². The van der Waals surface area contributed by atoms with Gasteiger partial charge in [0.05, 0.1) is 0 Å². The lowest BCUT2D eigenvalue weighted by Crippen LogP contribution is -2.50. The third kappa shape index (κ3) is 7.42. The number of carbonyl (C=O) groups is 3. The van der Waals surface area contributed by atoms with Gasteiger partial charge in [-0.2, -0.15) is 0 Å². The van der Waals surface area contributed by atoms with Gasteiger partial charge in [0.1, 0.15) is 18.2 Å². The molecule has 2 atom stereocenters. The van der Waals surface area contributed by atoms with Crippen LogP contribution in [0, 0.1) is 0 Å². The van der Waals surface area contributed by atoms with Crippen molar-refractivity contribution < 1.29 is 28.7 Å². The molecule has 0 unspecified atom stereocenters. The van der Waals surface area contributed by atoms with E-state index in [0.717, 1.165) is 0 Å². The molecule has 1 saturated heterocycles. The van der Waals surface area contributed by atoms with Crippen molar-refractivity contribution in [2.75, 3.05) is 13.1 Å². The Kier molecular flexibility index (Phi) is 7.69. The standard InChI is InChI=1S/C19H36N2O6Si/c1-18(2,3)26-17(25)20-13-9-10-21(12-15(22)23)16(24)14(11-13)27-28(7,8)19(4,5)6/h13-14H,9-12H2,1-8H3,(H,20,25)(H,22,23)/t13-,14-/m1/s1. The summed E-state index contributed by atoms with van der Waals surface area (Å²) in [6, 6.07) is -0.340. The monoisotopic (exact) mass is 416 g/mol. The maximum Gasteiger partial charge on any atom is 0.407 e. The van der Waals surface area contributed by atoms with Crippen LogP contribution in [0.2, 0.25) is 18.1 Å². The zero-order chi connectivity index (χ0) is 21.9. The molecule has 0 bridgehead atoms. The summed E-state index contributed by atoms with van der Waals surface area (Å²) >= 11 is 0. The van der Waals surface area contributed by atoms with Crippen molar-refractivity contribution >= 4 is 26.3 Å². The first kappa shape index (κ1) is 24.4. The van der Waals surface area contributed by atoms with Crippen LogP contribution in [0.4, 0.5) is 4.79 Å². The molecule has 2 amide bonds. The summed E-state index contributed by atoms with van der Waals surface area (Å²) in [6.07, 6.45) is -0.610. The fourth-order valence-corrected chi connectivity index (χ4v) is 3.92. The van der Waals surface area contributed by atoms with E-state index >= 15 is 0 Å². The first-order valence-electron chi connectivity index (χ1n) is 9.70. The molecule has 9 heteroatoms. The van der Waals surface area contributed by atoms with Crippen molar-refractivity contribution in [2.45, 2.75) is 90.3 Å². The molecule has 0 radical (unpaired) electrons. The number of hydrogen-bond donors (Lipinski definition) is 2. The van der Waals surface area contributed by atoms with Gasteiger partial charge in [-0.05, 0) is 45.3 Å². The van der Waals surface area contributed by atoms with Gasteiger partial charge in [0, 0.05) is 19.0 Å². The maximum atomic E-state index is 13.0. The van der Waals surface area contributed by atoms with Crippen LogP contribution in [0.1, 0.15) is 54.4 Å². The molecule has 28 heavy (non-hydrogen) atoms. The van der Waals surface area contributed by atoms with Crippen LogP contribution in [0.5, 0.6) is 0 Å². The van der Waals surface area contributed by atoms with E-state index in [2.05, 4.69) is 26.1 Å². The molecule has 0 aromatic carbocycles. The second-order valence-corrected chi connectivity index (χ2v) is 14.6. The topological polar surface area (TPSA) is 105 Å². The molecule has 1 heterocycles. The molecule has 0 spiro atoms. The molecular formula is C19H36N2O6Si. The summed E-state index contributed by atoms with van der Waals surface area (Å²) in [5.41, 5.74) is -0.628. The molecule has 162 valence electrons. The number of nitrogens with zero attached hydrogens (tertiary/aromatic N) is 1. The average Bonchev–Trinajstić information content (AvgIpc) is 2.57. The number of ether oxygens (including phenoxy) is 1. The normalized spacial score (nSPS) is 21.9. The number of rotatable bonds is 5. The van der Waals surface area contributed by atoms with Crippen molar-refractivity contribution in [3.05, 3.63) is 0 Å². The van der Waals surface area contributed by atoms with Crippen LogP contribution in [0.15, 0.2) is 0 Å². The van der Waals surface area contributed by atoms with Crippen molar-refractivity contribution in [3.8, 4) is 0 Å². The van der Waals surface area contributed by atoms with E-state index in [4.69, 9.17) is 14.3 Å². The number of likely N-dealkylation sites (tertiary alicyclic amines) is 1. The second kappa shape index (κ2) is 8.81. The Morgan fingerprint density at radius 3 is 2.25 bits per heavy atom. The van der Waals surface area contributed by atoms with Gasteiger partial charge in [-0.15, -0.1) is 0 Å². The summed E-state index contributed by atoms with van der Waals surface area (Å²) in [7, 11) is -2.27. The lowest BCUT2D eigenvalue weighted by molar-refractivity contribution is -0.147. The summed E-state index contributed by atoms with van der Waals surface area (Å²) in [5.74, 6) is -1.40. The smallest absolute Gasteiger partial charge is 0.407 e. The molecule has 1 aliphatic heterocycles. The maximum absolute atomic E-state index is 13.0. The number of carboxylic acid groups (broad SMARTS) is 1. The molecule has 0 aromatic rings. The van der Waals surface area contributed by atoms with Crippen molar-refractivity contribution in [2.24, 2.45) is 0 Å². The van der Waals surface area contributed by atoms with Crippen LogP contribution in [-0.2, 0) is 18.8 Å². The second-order valence-electron chi connectivity index (χ2n) is 9.89. The number of alkyl carbamates (subject to hydrolysis) is 1. The predicted octanol–water partition coefficient (Wildman–Crippen LogP) is 2.98. The van der Waals surface area contributed by atoms with E-state index in [1.807, 2.05) is 13.1 Å². The average molecular weight is 417 g/mol. The van der Waals surface area contributed by atoms with Gasteiger partial charge in [-0.1, -0.05) is 20.8 Å². The molecule has 2 N–H and O–H groups in total. The van der Waals surface area contributed by atoms with Gasteiger partial charge in [-0.25, -0.2) is 4.79 Å². The van der Waals surface area contributed by atoms with Crippen LogP contribution in [0.25, 0.3) is 0 Å². The van der Waals surface area contributed by atoms with Crippen molar-refractivity contribution in [1.82, 2.24) is 10.2 Å². The number of carbonyl (C=O) groups excluding carboxylic acids is 2. The van der Waals surface area contributed by atoms with Crippen molar-refractivity contribution in [1.29, 1.82) is 0 Å². The lowest BCUT2D eigenvalue weighted by Gasteiger charge is -2.39. The Morgan fingerprint density at radius 2 is 1.79 bits per heavy atom. The number of hydrogen-bond acceptors (Lipinski definition) is 5. The third-order valence-corrected chi connectivity index (χ3v) is 9.61. The van der Waals surface area contributed by atoms with Gasteiger partial charge in [-0.3, -0.25) is 9.59 Å². The van der Waals surface area contributed by atoms with Gasteiger partial charge >= 0.3 is 12.1 Å². The summed E-state index contributed by atoms with van der Waals surface area (Å²) in [5, 5.41) is 11.9. The number of amides is 2. The first-order valence-corrected chi connectivity index (χ1v) is 12.6. The zero-order valence-corrected chi connectivity index (χ0v) is 19.4. The Labute approximate surface area is 169 Å². The SMILES string of the molecule is CC(C)(C)OC(=O)N[C@@H]1CCN(CC(=O)O)C(=O)[C@H](O[Si](C)(C)C(C)(C)C)C1. The quantitative estimate of drug-likeness (QED) is 0.668. The molecule has 1 fully saturated rings. The van der Waals surface area contributed by atoms with E-state index in [1.165, 1.54) is 4.90 Å². The van der Waals surface area contributed by atoms with E-state index in [-0.39, 0.29) is 30.1 Å². The van der Waals surface area contributed by atoms with E-state index in [9.17, 15) is 14.4 Å². The highest BCUT2D eigenvalue weighted by atomic mass is 28.4. The van der Waals surface area contributed by atoms with Gasteiger partial charge in [0.2, 0.25) is 0 Å². The Morgan fingerprint density at radius 1 is 1.21 bits per heavy atom. The van der Waals surface area contributed by atoms with Crippen molar-refractivity contribution in [3.63, 3.8) is 0 Å². The summed E-state index contributed by atoms with van der Waals surface area (Å²) < 4.78 is 11.6. The third-order valence-electron chi connectivity index (χ3n) is 5.12. The highest BCUT2D eigenvalue weighted by molar-refractivity contribution is 6.74. The molecule has 1 rings (SSSR count). The van der Waals surface area contributed by atoms with Gasteiger partial charge < -0.3 is 24.5 Å². The highest BCUT2D eigenvalue weighted by Gasteiger charge is 2.43. The highest BCUT2D eigenvalue weighted by Crippen LogP contribution is 2.38. The lowest BCUT2D eigenvalue weighted by atomic mass is 10.1. The van der Waals surface area contributed by atoms with Crippen LogP contribution < -0.4 is 5.32 Å². The molecule has 0 aromatic heterocycles. The van der Waals surface area contributed by atoms with E-state index in [1.54, 1.807) is 20.8 Å². The first-order chi connectivity index (χ1) is 12.5.